The van der Waals surface area contributed by atoms with Gasteiger partial charge in [0.2, 0.25) is 17.7 Å². The molecule has 164 valence electrons. The third kappa shape index (κ3) is 5.37. The van der Waals surface area contributed by atoms with Gasteiger partial charge in [-0.15, -0.1) is 21.5 Å². The summed E-state index contributed by atoms with van der Waals surface area (Å²) in [6, 6.07) is 13.6. The minimum absolute atomic E-state index is 0.0696. The predicted octanol–water partition coefficient (Wildman–Crippen LogP) is 3.87. The van der Waals surface area contributed by atoms with Crippen LogP contribution >= 0.6 is 11.3 Å². The SMILES string of the molecule is Cc1ccc(-c2nnc(CCC(=O)Nc3ccc(S(=O)(=O)Nc4nccs4)cc3)o2)cc1. The zero-order valence-corrected chi connectivity index (χ0v) is 18.6. The highest BCUT2D eigenvalue weighted by Gasteiger charge is 2.16. The molecule has 2 heterocycles. The van der Waals surface area contributed by atoms with Crippen LogP contribution < -0.4 is 10.0 Å². The van der Waals surface area contributed by atoms with Gasteiger partial charge in [-0.1, -0.05) is 17.7 Å². The molecule has 0 saturated heterocycles. The van der Waals surface area contributed by atoms with E-state index in [1.165, 1.54) is 41.8 Å². The molecule has 11 heteroatoms. The van der Waals surface area contributed by atoms with Gasteiger partial charge in [0.05, 0.1) is 4.90 Å². The normalized spacial score (nSPS) is 11.3. The van der Waals surface area contributed by atoms with Gasteiger partial charge in [0.15, 0.2) is 5.13 Å². The Balaban J connectivity index is 1.31. The van der Waals surface area contributed by atoms with Crippen LogP contribution in [0.5, 0.6) is 0 Å². The topological polar surface area (TPSA) is 127 Å². The molecule has 0 saturated carbocycles. The van der Waals surface area contributed by atoms with Crippen molar-refractivity contribution in [1.82, 2.24) is 15.2 Å². The van der Waals surface area contributed by atoms with Crippen LogP contribution in [0.4, 0.5) is 10.8 Å². The first-order valence-electron chi connectivity index (χ1n) is 9.61. The van der Waals surface area contributed by atoms with Gasteiger partial charge in [-0.25, -0.2) is 13.4 Å². The number of anilines is 2. The number of hydrogen-bond acceptors (Lipinski definition) is 8. The Bertz CT molecular complexity index is 1300. The molecule has 0 aliphatic rings. The monoisotopic (exact) mass is 469 g/mol. The van der Waals surface area contributed by atoms with Crippen molar-refractivity contribution in [3.63, 3.8) is 0 Å². The van der Waals surface area contributed by atoms with Crippen molar-refractivity contribution in [3.05, 3.63) is 71.6 Å². The number of hydrogen-bond donors (Lipinski definition) is 2. The highest BCUT2D eigenvalue weighted by Crippen LogP contribution is 2.21. The fraction of sp³-hybridized carbons (Fsp3) is 0.143. The van der Waals surface area contributed by atoms with Crippen LogP contribution in [0, 0.1) is 6.92 Å². The number of aromatic nitrogens is 3. The molecule has 0 fully saturated rings. The number of thiazole rings is 1. The average Bonchev–Trinajstić information content (AvgIpc) is 3.45. The molecule has 9 nitrogen and oxygen atoms in total. The summed E-state index contributed by atoms with van der Waals surface area (Å²) in [5.74, 6) is 0.519. The van der Waals surface area contributed by atoms with Crippen molar-refractivity contribution in [2.45, 2.75) is 24.7 Å². The van der Waals surface area contributed by atoms with Crippen LogP contribution in [-0.4, -0.2) is 29.5 Å². The third-order valence-corrected chi connectivity index (χ3v) is 6.61. The second-order valence-corrected chi connectivity index (χ2v) is 9.46. The Labute approximate surface area is 188 Å². The standard InChI is InChI=1S/C21H19N5O4S2/c1-14-2-4-15(5-3-14)20-25-24-19(30-20)11-10-18(27)23-16-6-8-17(9-7-16)32(28,29)26-21-22-12-13-31-21/h2-9,12-13H,10-11H2,1H3,(H,22,26)(H,23,27). The number of sulfonamides is 1. The van der Waals surface area contributed by atoms with Crippen LogP contribution in [0.15, 0.2) is 69.4 Å². The largest absolute Gasteiger partial charge is 0.421 e. The first kappa shape index (κ1) is 21.7. The molecule has 4 aromatic rings. The molecule has 2 aromatic heterocycles. The molecule has 32 heavy (non-hydrogen) atoms. The lowest BCUT2D eigenvalue weighted by atomic mass is 10.1. The lowest BCUT2D eigenvalue weighted by Crippen LogP contribution is -2.14. The van der Waals surface area contributed by atoms with E-state index in [9.17, 15) is 13.2 Å². The zero-order valence-electron chi connectivity index (χ0n) is 17.0. The summed E-state index contributed by atoms with van der Waals surface area (Å²) in [5.41, 5.74) is 2.43. The highest BCUT2D eigenvalue weighted by molar-refractivity contribution is 7.93. The van der Waals surface area contributed by atoms with Crippen molar-refractivity contribution in [2.24, 2.45) is 0 Å². The quantitative estimate of drug-likeness (QED) is 0.401. The van der Waals surface area contributed by atoms with Gasteiger partial charge in [0.25, 0.3) is 10.0 Å². The van der Waals surface area contributed by atoms with Gasteiger partial charge in [-0.2, -0.15) is 0 Å². The highest BCUT2D eigenvalue weighted by atomic mass is 32.2. The van der Waals surface area contributed by atoms with Crippen LogP contribution in [-0.2, 0) is 21.2 Å². The van der Waals surface area contributed by atoms with Gasteiger partial charge in [-0.3, -0.25) is 9.52 Å². The molecule has 0 atom stereocenters. The number of benzene rings is 2. The molecule has 0 aliphatic carbocycles. The van der Waals surface area contributed by atoms with E-state index in [4.69, 9.17) is 4.42 Å². The summed E-state index contributed by atoms with van der Waals surface area (Å²) in [6.07, 6.45) is 1.94. The predicted molar refractivity (Wildman–Crippen MR) is 121 cm³/mol. The maximum absolute atomic E-state index is 12.4. The average molecular weight is 470 g/mol. The van der Waals surface area contributed by atoms with Gasteiger partial charge in [0.1, 0.15) is 0 Å². The van der Waals surface area contributed by atoms with Crippen LogP contribution in [0.2, 0.25) is 0 Å². The smallest absolute Gasteiger partial charge is 0.263 e. The molecule has 0 bridgehead atoms. The number of amides is 1. The summed E-state index contributed by atoms with van der Waals surface area (Å²) >= 11 is 1.18. The summed E-state index contributed by atoms with van der Waals surface area (Å²) in [4.78, 5) is 16.2. The molecule has 4 rings (SSSR count). The number of carbonyl (C=O) groups excluding carboxylic acids is 1. The van der Waals surface area contributed by atoms with Crippen molar-refractivity contribution >= 4 is 38.1 Å². The van der Waals surface area contributed by atoms with Crippen LogP contribution in [0.1, 0.15) is 17.9 Å². The van der Waals surface area contributed by atoms with E-state index in [-0.39, 0.29) is 28.8 Å². The number of aryl methyl sites for hydroxylation is 2. The van der Waals surface area contributed by atoms with E-state index in [0.29, 0.717) is 17.5 Å². The maximum atomic E-state index is 12.4. The minimum Gasteiger partial charge on any atom is -0.421 e. The Morgan fingerprint density at radius 2 is 1.81 bits per heavy atom. The first-order valence-corrected chi connectivity index (χ1v) is 12.0. The molecule has 2 aromatic carbocycles. The van der Waals surface area contributed by atoms with Crippen molar-refractivity contribution in [2.75, 3.05) is 10.0 Å². The van der Waals surface area contributed by atoms with Crippen LogP contribution in [0.25, 0.3) is 11.5 Å². The summed E-state index contributed by atoms with van der Waals surface area (Å²) in [6.45, 7) is 1.99. The second kappa shape index (κ2) is 9.28. The first-order chi connectivity index (χ1) is 15.4. The molecule has 0 radical (unpaired) electrons. The van der Waals surface area contributed by atoms with Crippen molar-refractivity contribution in [3.8, 4) is 11.5 Å². The Morgan fingerprint density at radius 3 is 2.50 bits per heavy atom. The number of nitrogens with zero attached hydrogens (tertiary/aromatic N) is 3. The van der Waals surface area contributed by atoms with Gasteiger partial charge < -0.3 is 9.73 Å². The minimum atomic E-state index is -3.74. The van der Waals surface area contributed by atoms with Crippen molar-refractivity contribution in [1.29, 1.82) is 0 Å². The van der Waals surface area contributed by atoms with E-state index in [2.05, 4.69) is 25.2 Å². The van der Waals surface area contributed by atoms with E-state index < -0.39 is 10.0 Å². The van der Waals surface area contributed by atoms with Gasteiger partial charge in [0, 0.05) is 35.7 Å². The van der Waals surface area contributed by atoms with E-state index in [1.807, 2.05) is 31.2 Å². The molecule has 0 aliphatic heterocycles. The second-order valence-electron chi connectivity index (χ2n) is 6.88. The van der Waals surface area contributed by atoms with Gasteiger partial charge in [-0.05, 0) is 43.3 Å². The van der Waals surface area contributed by atoms with Crippen LogP contribution in [0.3, 0.4) is 0 Å². The fourth-order valence-electron chi connectivity index (χ4n) is 2.78. The van der Waals surface area contributed by atoms with E-state index in [1.54, 1.807) is 5.38 Å². The van der Waals surface area contributed by atoms with E-state index >= 15 is 0 Å². The summed E-state index contributed by atoms with van der Waals surface area (Å²) in [7, 11) is -3.74. The lowest BCUT2D eigenvalue weighted by Gasteiger charge is -2.07. The number of carbonyl (C=O) groups is 1. The number of rotatable bonds is 8. The Kier molecular flexibility index (Phi) is 6.28. The molecule has 0 spiro atoms. The van der Waals surface area contributed by atoms with E-state index in [0.717, 1.165) is 11.1 Å². The van der Waals surface area contributed by atoms with Crippen molar-refractivity contribution < 1.29 is 17.6 Å². The third-order valence-electron chi connectivity index (χ3n) is 4.43. The molecular formula is C21H19N5O4S2. The number of nitrogens with one attached hydrogen (secondary N) is 2. The maximum Gasteiger partial charge on any atom is 0.263 e. The molecular weight excluding hydrogens is 450 g/mol. The fourth-order valence-corrected chi connectivity index (χ4v) is 4.57. The lowest BCUT2D eigenvalue weighted by molar-refractivity contribution is -0.116. The Hall–Kier alpha value is -3.57. The van der Waals surface area contributed by atoms with Gasteiger partial charge >= 0.3 is 0 Å². The molecule has 0 unspecified atom stereocenters. The summed E-state index contributed by atoms with van der Waals surface area (Å²) in [5, 5.41) is 12.7. The zero-order chi connectivity index (χ0) is 22.6. The molecule has 2 N–H and O–H groups in total. The Morgan fingerprint density at radius 1 is 1.06 bits per heavy atom. The molecule has 1 amide bonds. The summed E-state index contributed by atoms with van der Waals surface area (Å²) < 4.78 is 32.7.